The molecule has 1 N–H and O–H groups in total. The molecule has 2 aliphatic rings. The molecular formula is C17H21N5O4S2. The molecular weight excluding hydrogens is 402 g/mol. The van der Waals surface area contributed by atoms with Crippen LogP contribution in [0.25, 0.3) is 11.0 Å². The summed E-state index contributed by atoms with van der Waals surface area (Å²) in [7, 11) is -3.72. The van der Waals surface area contributed by atoms with Crippen LogP contribution in [0.3, 0.4) is 0 Å². The predicted molar refractivity (Wildman–Crippen MR) is 103 cm³/mol. The van der Waals surface area contributed by atoms with E-state index >= 15 is 0 Å². The molecule has 1 aromatic carbocycles. The Kier molecular flexibility index (Phi) is 5.06. The molecule has 1 aliphatic carbocycles. The molecule has 1 saturated carbocycles. The summed E-state index contributed by atoms with van der Waals surface area (Å²) in [4.78, 5) is 26.2. The maximum absolute atomic E-state index is 13.0. The minimum atomic E-state index is -3.72. The molecule has 150 valence electrons. The second-order valence-corrected chi connectivity index (χ2v) is 9.56. The van der Waals surface area contributed by atoms with Gasteiger partial charge in [-0.25, -0.2) is 8.42 Å². The first-order valence-corrected chi connectivity index (χ1v) is 11.4. The number of sulfonamides is 1. The fraction of sp³-hybridized carbons (Fsp3) is 0.529. The van der Waals surface area contributed by atoms with E-state index in [0.717, 1.165) is 24.6 Å². The average molecular weight is 424 g/mol. The topological polar surface area (TPSA) is 113 Å². The number of benzene rings is 1. The first-order valence-electron chi connectivity index (χ1n) is 9.18. The highest BCUT2D eigenvalue weighted by molar-refractivity contribution is 7.89. The average Bonchev–Trinajstić information content (AvgIpc) is 3.44. The highest BCUT2D eigenvalue weighted by Gasteiger charge is 2.35. The Morgan fingerprint density at radius 1 is 1.18 bits per heavy atom. The van der Waals surface area contributed by atoms with Crippen LogP contribution in [0.15, 0.2) is 23.1 Å². The van der Waals surface area contributed by atoms with Crippen LogP contribution in [0.4, 0.5) is 0 Å². The van der Waals surface area contributed by atoms with E-state index < -0.39 is 16.1 Å². The number of hydrogen-bond donors (Lipinski definition) is 1. The smallest absolute Gasteiger partial charge is 0.245 e. The zero-order chi connectivity index (χ0) is 19.9. The molecule has 1 atom stereocenters. The van der Waals surface area contributed by atoms with E-state index in [-0.39, 0.29) is 48.8 Å². The standard InChI is InChI=1S/C17H21N5O4S2/c1-11(18-16(23)12-5-6-12)17(24)21-7-9-22(10-8-21)28(25,26)14-4-2-3-13-15(14)20-27-19-13/h2-4,11-12H,5-10H2,1H3,(H,18,23)/t11-/m0/s1. The summed E-state index contributed by atoms with van der Waals surface area (Å²) < 4.78 is 35.7. The van der Waals surface area contributed by atoms with Crippen LogP contribution in [0.1, 0.15) is 19.8 Å². The van der Waals surface area contributed by atoms with Gasteiger partial charge >= 0.3 is 0 Å². The van der Waals surface area contributed by atoms with Crippen molar-refractivity contribution in [3.63, 3.8) is 0 Å². The SMILES string of the molecule is C[C@H](NC(=O)C1CC1)C(=O)N1CCN(S(=O)(=O)c2cccc3nsnc23)CC1. The van der Waals surface area contributed by atoms with Gasteiger partial charge in [-0.1, -0.05) is 6.07 Å². The van der Waals surface area contributed by atoms with Crippen molar-refractivity contribution in [1.82, 2.24) is 23.3 Å². The predicted octanol–water partition coefficient (Wildman–Crippen LogP) is 0.439. The number of aromatic nitrogens is 2. The number of fused-ring (bicyclic) bond motifs is 1. The van der Waals surface area contributed by atoms with Gasteiger partial charge in [0.1, 0.15) is 22.0 Å². The number of nitrogens with one attached hydrogen (secondary N) is 1. The molecule has 2 fully saturated rings. The van der Waals surface area contributed by atoms with Gasteiger partial charge in [-0.15, -0.1) is 0 Å². The van der Waals surface area contributed by atoms with E-state index in [1.807, 2.05) is 0 Å². The fourth-order valence-corrected chi connectivity index (χ4v) is 5.46. The van der Waals surface area contributed by atoms with Gasteiger partial charge in [-0.2, -0.15) is 13.1 Å². The maximum atomic E-state index is 13.0. The van der Waals surface area contributed by atoms with Crippen LogP contribution >= 0.6 is 11.7 Å². The van der Waals surface area contributed by atoms with E-state index in [0.29, 0.717) is 11.0 Å². The van der Waals surface area contributed by atoms with Crippen LogP contribution in [-0.2, 0) is 19.6 Å². The second-order valence-electron chi connectivity index (χ2n) is 7.12. The Labute approximate surface area is 167 Å². The van der Waals surface area contributed by atoms with E-state index in [1.54, 1.807) is 24.0 Å². The van der Waals surface area contributed by atoms with Crippen LogP contribution < -0.4 is 5.32 Å². The van der Waals surface area contributed by atoms with Gasteiger partial charge < -0.3 is 10.2 Å². The van der Waals surface area contributed by atoms with Crippen molar-refractivity contribution in [1.29, 1.82) is 0 Å². The van der Waals surface area contributed by atoms with Crippen molar-refractivity contribution in [2.24, 2.45) is 5.92 Å². The molecule has 0 unspecified atom stereocenters. The van der Waals surface area contributed by atoms with Crippen LogP contribution in [0.2, 0.25) is 0 Å². The Bertz CT molecular complexity index is 1010. The molecule has 0 bridgehead atoms. The summed E-state index contributed by atoms with van der Waals surface area (Å²) in [5, 5.41) is 2.75. The minimum absolute atomic E-state index is 0.0418. The molecule has 11 heteroatoms. The Balaban J connectivity index is 1.41. The third kappa shape index (κ3) is 3.61. The van der Waals surface area contributed by atoms with Gasteiger partial charge in [0.15, 0.2) is 0 Å². The van der Waals surface area contributed by atoms with Crippen molar-refractivity contribution < 1.29 is 18.0 Å². The Hall–Kier alpha value is -2.11. The van der Waals surface area contributed by atoms with Crippen molar-refractivity contribution in [2.75, 3.05) is 26.2 Å². The summed E-state index contributed by atoms with van der Waals surface area (Å²) in [6.07, 6.45) is 1.76. The number of rotatable bonds is 5. The van der Waals surface area contributed by atoms with Crippen LogP contribution in [-0.4, -0.2) is 70.4 Å². The molecule has 2 heterocycles. The van der Waals surface area contributed by atoms with Gasteiger partial charge in [0.05, 0.1) is 11.7 Å². The highest BCUT2D eigenvalue weighted by Crippen LogP contribution is 2.29. The van der Waals surface area contributed by atoms with E-state index in [2.05, 4.69) is 14.1 Å². The number of amides is 2. The highest BCUT2D eigenvalue weighted by atomic mass is 32.2. The molecule has 0 radical (unpaired) electrons. The molecule has 9 nitrogen and oxygen atoms in total. The number of nitrogens with zero attached hydrogens (tertiary/aromatic N) is 4. The maximum Gasteiger partial charge on any atom is 0.245 e. The van der Waals surface area contributed by atoms with Gasteiger partial charge in [-0.3, -0.25) is 9.59 Å². The first-order chi connectivity index (χ1) is 13.4. The molecule has 2 aromatic rings. The zero-order valence-electron chi connectivity index (χ0n) is 15.4. The Morgan fingerprint density at radius 3 is 2.57 bits per heavy atom. The quantitative estimate of drug-likeness (QED) is 0.747. The Morgan fingerprint density at radius 2 is 1.89 bits per heavy atom. The summed E-state index contributed by atoms with van der Waals surface area (Å²) in [6.45, 7) is 2.64. The van der Waals surface area contributed by atoms with Crippen molar-refractivity contribution in [3.8, 4) is 0 Å². The number of piperazine rings is 1. The van der Waals surface area contributed by atoms with Crippen LogP contribution in [0, 0.1) is 5.92 Å². The molecule has 2 amide bonds. The summed E-state index contributed by atoms with van der Waals surface area (Å²) in [6, 6.07) is 4.31. The molecule has 28 heavy (non-hydrogen) atoms. The van der Waals surface area contributed by atoms with E-state index in [4.69, 9.17) is 0 Å². The van der Waals surface area contributed by atoms with Crippen molar-refractivity contribution in [2.45, 2.75) is 30.7 Å². The number of carbonyl (C=O) groups excluding carboxylic acids is 2. The molecule has 1 aromatic heterocycles. The zero-order valence-corrected chi connectivity index (χ0v) is 17.0. The molecule has 1 saturated heterocycles. The second kappa shape index (κ2) is 7.37. The lowest BCUT2D eigenvalue weighted by molar-refractivity contribution is -0.137. The summed E-state index contributed by atoms with van der Waals surface area (Å²) in [5.41, 5.74) is 0.933. The lowest BCUT2D eigenvalue weighted by Gasteiger charge is -2.35. The minimum Gasteiger partial charge on any atom is -0.344 e. The van der Waals surface area contributed by atoms with Gasteiger partial charge in [0.2, 0.25) is 21.8 Å². The van der Waals surface area contributed by atoms with Gasteiger partial charge in [-0.05, 0) is 31.9 Å². The van der Waals surface area contributed by atoms with Crippen molar-refractivity contribution in [3.05, 3.63) is 18.2 Å². The molecule has 1 aliphatic heterocycles. The monoisotopic (exact) mass is 423 g/mol. The third-order valence-electron chi connectivity index (χ3n) is 5.09. The van der Waals surface area contributed by atoms with Gasteiger partial charge in [0, 0.05) is 32.1 Å². The molecule has 4 rings (SSSR count). The van der Waals surface area contributed by atoms with Crippen LogP contribution in [0.5, 0.6) is 0 Å². The number of carbonyl (C=O) groups is 2. The largest absolute Gasteiger partial charge is 0.344 e. The van der Waals surface area contributed by atoms with Gasteiger partial charge in [0.25, 0.3) is 0 Å². The first kappa shape index (κ1) is 19.2. The van der Waals surface area contributed by atoms with Crippen molar-refractivity contribution >= 4 is 44.6 Å². The lowest BCUT2D eigenvalue weighted by atomic mass is 10.2. The number of hydrogen-bond acceptors (Lipinski definition) is 7. The summed E-state index contributed by atoms with van der Waals surface area (Å²) >= 11 is 0.978. The fourth-order valence-electron chi connectivity index (χ4n) is 3.29. The third-order valence-corrected chi connectivity index (χ3v) is 7.57. The van der Waals surface area contributed by atoms with E-state index in [1.165, 1.54) is 10.4 Å². The lowest BCUT2D eigenvalue weighted by Crippen LogP contribution is -2.55. The molecule has 0 spiro atoms. The summed E-state index contributed by atoms with van der Waals surface area (Å²) in [5.74, 6) is -0.218. The van der Waals surface area contributed by atoms with E-state index in [9.17, 15) is 18.0 Å². The normalized spacial score (nSPS) is 19.5.